The van der Waals surface area contributed by atoms with E-state index in [2.05, 4.69) is 27.2 Å². The van der Waals surface area contributed by atoms with Crippen molar-refractivity contribution in [3.05, 3.63) is 66.2 Å². The van der Waals surface area contributed by atoms with Crippen LogP contribution in [0, 0.1) is 18.3 Å². The first-order valence-electron chi connectivity index (χ1n) is 18.6. The second-order valence-electron chi connectivity index (χ2n) is 14.4. The lowest BCUT2D eigenvalue weighted by Gasteiger charge is -2.40. The first-order chi connectivity index (χ1) is 26.4. The fourth-order valence-corrected chi connectivity index (χ4v) is 7.31. The number of carbonyl (C=O) groups excluding carboxylic acids is 7. The van der Waals surface area contributed by atoms with Crippen LogP contribution in [0.4, 0.5) is 10.5 Å². The Morgan fingerprint density at radius 1 is 0.927 bits per heavy atom. The van der Waals surface area contributed by atoms with Crippen LogP contribution in [0.5, 0.6) is 0 Å². The summed E-state index contributed by atoms with van der Waals surface area (Å²) in [6.07, 6.45) is 7.23. The Balaban J connectivity index is 1.48. The lowest BCUT2D eigenvalue weighted by Crippen LogP contribution is -2.62. The standard InChI is InChI=1S/C40H49N7O8/c1-5-14-31-35(49)41-26(3)36(50)47-23-25(2)21-33(47)39(53)55-24-30(37(51)46-20-13-12-19-32(46)38(52)45(31)4)43-34(48)29(22-27-15-8-6-9-16-27)44-40(54)42-28-17-10-7-11-18-28/h1,6-11,15-18,25-26,29-33H,12-14,19-24H2,2-4H3,(H,41,49)(H,43,48)(H2,42,44,54)/t25-,26+,29+,30+,31+,32+,33+/m1/s1. The zero-order valence-corrected chi connectivity index (χ0v) is 31.4. The van der Waals surface area contributed by atoms with Crippen molar-refractivity contribution in [3.8, 4) is 12.3 Å². The summed E-state index contributed by atoms with van der Waals surface area (Å²) in [6, 6.07) is 10.1. The number of fused-ring (bicyclic) bond motifs is 2. The highest BCUT2D eigenvalue weighted by Gasteiger charge is 2.44. The average Bonchev–Trinajstić information content (AvgIpc) is 3.58. The third kappa shape index (κ3) is 10.00. The van der Waals surface area contributed by atoms with Gasteiger partial charge in [-0.05, 0) is 56.2 Å². The molecule has 0 bridgehead atoms. The van der Waals surface area contributed by atoms with Gasteiger partial charge in [0, 0.05) is 38.7 Å². The minimum atomic E-state index is -1.48. The molecule has 4 N–H and O–H groups in total. The van der Waals surface area contributed by atoms with E-state index in [1.165, 1.54) is 28.7 Å². The number of rotatable bonds is 7. The van der Waals surface area contributed by atoms with E-state index in [4.69, 9.17) is 11.2 Å². The van der Waals surface area contributed by atoms with Gasteiger partial charge in [0.15, 0.2) is 0 Å². The molecule has 3 aliphatic rings. The fourth-order valence-electron chi connectivity index (χ4n) is 7.31. The number of nitrogens with one attached hydrogen (secondary N) is 4. The molecule has 0 saturated carbocycles. The van der Waals surface area contributed by atoms with Crippen LogP contribution in [-0.2, 0) is 39.9 Å². The molecule has 7 atom stereocenters. The van der Waals surface area contributed by atoms with Gasteiger partial charge in [0.05, 0.1) is 0 Å². The van der Waals surface area contributed by atoms with Crippen LogP contribution in [0.2, 0.25) is 0 Å². The number of hydrogen-bond acceptors (Lipinski definition) is 8. The van der Waals surface area contributed by atoms with Crippen molar-refractivity contribution in [2.75, 3.05) is 32.1 Å². The Kier molecular flexibility index (Phi) is 13.5. The number of terminal acetylenes is 1. The lowest BCUT2D eigenvalue weighted by atomic mass is 9.98. The van der Waals surface area contributed by atoms with E-state index in [1.54, 1.807) is 54.6 Å². The molecule has 292 valence electrons. The fraction of sp³-hybridized carbons (Fsp3) is 0.475. The molecular formula is C40H49N7O8. The van der Waals surface area contributed by atoms with Crippen LogP contribution >= 0.6 is 0 Å². The van der Waals surface area contributed by atoms with Crippen molar-refractivity contribution in [3.63, 3.8) is 0 Å². The summed E-state index contributed by atoms with van der Waals surface area (Å²) < 4.78 is 5.73. The number of para-hydroxylation sites is 1. The number of piperidine rings is 1. The Morgan fingerprint density at radius 3 is 2.31 bits per heavy atom. The van der Waals surface area contributed by atoms with E-state index in [0.29, 0.717) is 18.5 Å². The second kappa shape index (κ2) is 18.4. The normalized spacial score (nSPS) is 25.8. The Morgan fingerprint density at radius 2 is 1.62 bits per heavy atom. The summed E-state index contributed by atoms with van der Waals surface area (Å²) in [5.74, 6) is -1.58. The van der Waals surface area contributed by atoms with E-state index in [9.17, 15) is 33.6 Å². The minimum absolute atomic E-state index is 0.0546. The van der Waals surface area contributed by atoms with E-state index < -0.39 is 84.4 Å². The molecule has 0 aliphatic carbocycles. The molecule has 0 radical (unpaired) electrons. The van der Waals surface area contributed by atoms with E-state index in [0.717, 1.165) is 5.56 Å². The topological polar surface area (TPSA) is 187 Å². The van der Waals surface area contributed by atoms with Gasteiger partial charge in [-0.2, -0.15) is 0 Å². The van der Waals surface area contributed by atoms with Crippen molar-refractivity contribution in [1.82, 2.24) is 30.7 Å². The molecule has 3 fully saturated rings. The first kappa shape index (κ1) is 40.3. The molecule has 15 heteroatoms. The van der Waals surface area contributed by atoms with Gasteiger partial charge in [-0.15, -0.1) is 12.3 Å². The van der Waals surface area contributed by atoms with Gasteiger partial charge in [0.25, 0.3) is 0 Å². The molecule has 2 aromatic carbocycles. The summed E-state index contributed by atoms with van der Waals surface area (Å²) >= 11 is 0. The minimum Gasteiger partial charge on any atom is -0.461 e. The predicted octanol–water partition coefficient (Wildman–Crippen LogP) is 1.43. The second-order valence-corrected chi connectivity index (χ2v) is 14.4. The maximum atomic E-state index is 14.5. The zero-order valence-electron chi connectivity index (χ0n) is 31.4. The number of nitrogens with zero attached hydrogens (tertiary/aromatic N) is 3. The van der Waals surface area contributed by atoms with Crippen LogP contribution < -0.4 is 21.3 Å². The summed E-state index contributed by atoms with van der Waals surface area (Å²) in [5, 5.41) is 10.8. The number of cyclic esters (lactones) is 1. The van der Waals surface area contributed by atoms with Gasteiger partial charge in [0.1, 0.15) is 42.9 Å². The van der Waals surface area contributed by atoms with Crippen molar-refractivity contribution in [2.45, 2.75) is 88.6 Å². The molecule has 7 amide bonds. The van der Waals surface area contributed by atoms with Crippen LogP contribution in [0.25, 0.3) is 0 Å². The van der Waals surface area contributed by atoms with Gasteiger partial charge in [0.2, 0.25) is 29.5 Å². The van der Waals surface area contributed by atoms with Gasteiger partial charge in [-0.3, -0.25) is 24.0 Å². The largest absolute Gasteiger partial charge is 0.461 e. The van der Waals surface area contributed by atoms with Crippen molar-refractivity contribution in [2.24, 2.45) is 5.92 Å². The molecule has 3 saturated heterocycles. The maximum absolute atomic E-state index is 14.5. The van der Waals surface area contributed by atoms with Gasteiger partial charge in [-0.25, -0.2) is 9.59 Å². The van der Waals surface area contributed by atoms with Crippen LogP contribution in [0.3, 0.4) is 0 Å². The highest BCUT2D eigenvalue weighted by molar-refractivity contribution is 5.98. The number of ether oxygens (including phenoxy) is 1. The van der Waals surface area contributed by atoms with E-state index in [-0.39, 0.29) is 44.7 Å². The molecule has 3 aliphatic heterocycles. The Bertz CT molecular complexity index is 1780. The van der Waals surface area contributed by atoms with Crippen LogP contribution in [0.1, 0.15) is 51.5 Å². The molecule has 3 heterocycles. The van der Waals surface area contributed by atoms with Crippen molar-refractivity contribution < 1.29 is 38.3 Å². The Hall–Kier alpha value is -5.91. The molecule has 15 nitrogen and oxygen atoms in total. The number of hydrogen-bond donors (Lipinski definition) is 4. The van der Waals surface area contributed by atoms with Gasteiger partial charge in [-0.1, -0.05) is 55.5 Å². The highest BCUT2D eigenvalue weighted by atomic mass is 16.5. The third-order valence-electron chi connectivity index (χ3n) is 10.2. The summed E-state index contributed by atoms with van der Waals surface area (Å²) in [6.45, 7) is 3.14. The molecule has 0 unspecified atom stereocenters. The molecule has 0 aromatic heterocycles. The number of carbonyl (C=O) groups is 7. The first-order valence-corrected chi connectivity index (χ1v) is 18.6. The SMILES string of the molecule is C#CC[C@H]1C(=O)N[C@@H](C)C(=O)N2C[C@H](C)C[C@H]2C(=O)OC[C@H](NC(=O)[C@H](Cc2ccccc2)NC(=O)Nc2ccccc2)C(=O)N2CCCC[C@H]2C(=O)N1C. The van der Waals surface area contributed by atoms with Crippen molar-refractivity contribution >= 4 is 47.2 Å². The number of urea groups is 1. The van der Waals surface area contributed by atoms with Gasteiger partial charge < -0.3 is 40.7 Å². The summed E-state index contributed by atoms with van der Waals surface area (Å²) in [7, 11) is 1.43. The summed E-state index contributed by atoms with van der Waals surface area (Å²) in [5.41, 5.74) is 1.22. The predicted molar refractivity (Wildman–Crippen MR) is 202 cm³/mol. The molecule has 0 spiro atoms. The number of benzene rings is 2. The van der Waals surface area contributed by atoms with Crippen LogP contribution in [-0.4, -0.2) is 119 Å². The molecule has 2 aromatic rings. The zero-order chi connectivity index (χ0) is 39.6. The Labute approximate surface area is 320 Å². The van der Waals surface area contributed by atoms with Gasteiger partial charge >= 0.3 is 12.0 Å². The van der Waals surface area contributed by atoms with E-state index in [1.807, 2.05) is 13.0 Å². The molecular weight excluding hydrogens is 706 g/mol. The number of esters is 1. The molecule has 55 heavy (non-hydrogen) atoms. The number of anilines is 1. The maximum Gasteiger partial charge on any atom is 0.328 e. The van der Waals surface area contributed by atoms with Crippen LogP contribution in [0.15, 0.2) is 60.7 Å². The average molecular weight is 756 g/mol. The molecule has 5 rings (SSSR count). The van der Waals surface area contributed by atoms with Crippen molar-refractivity contribution in [1.29, 1.82) is 0 Å². The van der Waals surface area contributed by atoms with E-state index >= 15 is 0 Å². The summed E-state index contributed by atoms with van der Waals surface area (Å²) in [4.78, 5) is 101. The quantitative estimate of drug-likeness (QED) is 0.242. The number of amides is 7. The monoisotopic (exact) mass is 755 g/mol. The smallest absolute Gasteiger partial charge is 0.328 e. The number of likely N-dealkylation sites (N-methyl/N-ethyl adjacent to an activating group) is 1. The lowest BCUT2D eigenvalue weighted by molar-refractivity contribution is -0.159. The highest BCUT2D eigenvalue weighted by Crippen LogP contribution is 2.26. The third-order valence-corrected chi connectivity index (χ3v) is 10.2.